The normalized spacial score (nSPS) is 13.0. The van der Waals surface area contributed by atoms with Crippen LogP contribution in [0.15, 0.2) is 48.5 Å². The molecule has 0 aliphatic heterocycles. The summed E-state index contributed by atoms with van der Waals surface area (Å²) >= 11 is 16.8. The minimum atomic E-state index is -4.12. The predicted octanol–water partition coefficient (Wildman–Crippen LogP) is 5.98. The van der Waals surface area contributed by atoms with Crippen molar-refractivity contribution < 1.29 is 22.1 Å². The number of hydrogen-bond donors (Lipinski definition) is 1. The maximum absolute atomic E-state index is 12.3. The lowest BCUT2D eigenvalue weighted by Gasteiger charge is -2.20. The Balaban J connectivity index is 2.18. The van der Waals surface area contributed by atoms with Gasteiger partial charge in [-0.1, -0.05) is 97.4 Å². The number of carbonyl (C=O) groups excluding carboxylic acids is 1. The second-order valence-electron chi connectivity index (χ2n) is 7.19. The van der Waals surface area contributed by atoms with Crippen molar-refractivity contribution in [1.29, 1.82) is 0 Å². The monoisotopic (exact) mass is 521 g/mol. The molecule has 0 bridgehead atoms. The minimum Gasteiger partial charge on any atom is -0.465 e. The van der Waals surface area contributed by atoms with Crippen molar-refractivity contribution in [2.75, 3.05) is 13.7 Å². The number of esters is 1. The zero-order valence-corrected chi connectivity index (χ0v) is 20.9. The highest BCUT2D eigenvalue weighted by molar-refractivity contribution is 7.84. The molecule has 0 saturated carbocycles. The first-order chi connectivity index (χ1) is 15.0. The lowest BCUT2D eigenvalue weighted by molar-refractivity contribution is 0.0600. The Morgan fingerprint density at radius 3 is 2.06 bits per heavy atom. The molecule has 0 heterocycles. The Bertz CT molecular complexity index is 974. The highest BCUT2D eigenvalue weighted by Crippen LogP contribution is 2.28. The molecule has 1 N–H and O–H groups in total. The van der Waals surface area contributed by atoms with E-state index in [1.165, 1.54) is 7.11 Å². The molecule has 6 nitrogen and oxygen atoms in total. The fourth-order valence-electron chi connectivity index (χ4n) is 3.07. The van der Waals surface area contributed by atoms with Crippen LogP contribution < -0.4 is 4.72 Å². The topological polar surface area (TPSA) is 81.7 Å². The average Bonchev–Trinajstić information content (AvgIpc) is 2.76. The molecule has 2 aromatic carbocycles. The van der Waals surface area contributed by atoms with Gasteiger partial charge in [0, 0.05) is 6.04 Å². The highest BCUT2D eigenvalue weighted by Gasteiger charge is 2.26. The highest BCUT2D eigenvalue weighted by atomic mass is 35.6. The van der Waals surface area contributed by atoms with Crippen LogP contribution >= 0.6 is 34.8 Å². The molecule has 0 radical (unpaired) electrons. The third-order valence-corrected chi connectivity index (χ3v) is 6.04. The van der Waals surface area contributed by atoms with Crippen LogP contribution in [-0.4, -0.2) is 31.9 Å². The summed E-state index contributed by atoms with van der Waals surface area (Å²) in [4.78, 5) is 11.6. The number of carbonyl (C=O) groups is 1. The fourth-order valence-corrected chi connectivity index (χ4v) is 4.43. The molecule has 1 atom stereocenters. The molecule has 0 aliphatic carbocycles. The third-order valence-electron chi connectivity index (χ3n) is 4.71. The van der Waals surface area contributed by atoms with E-state index in [2.05, 4.69) is 11.6 Å². The van der Waals surface area contributed by atoms with E-state index >= 15 is 0 Å². The van der Waals surface area contributed by atoms with Crippen LogP contribution in [0.4, 0.5) is 0 Å². The van der Waals surface area contributed by atoms with E-state index in [-0.39, 0.29) is 0 Å². The van der Waals surface area contributed by atoms with Crippen LogP contribution in [0.25, 0.3) is 11.1 Å². The SMILES string of the molecule is CCCCCC(NS(=O)(=O)OCC(Cl)(Cl)Cl)c1ccc(-c2ccc(C(=O)OC)cc2)cc1. The largest absolute Gasteiger partial charge is 0.465 e. The second kappa shape index (κ2) is 12.2. The Labute approximate surface area is 204 Å². The summed E-state index contributed by atoms with van der Waals surface area (Å²) in [7, 11) is -2.79. The van der Waals surface area contributed by atoms with Crippen LogP contribution in [-0.2, 0) is 19.2 Å². The molecule has 0 amide bonds. The third kappa shape index (κ3) is 8.89. The van der Waals surface area contributed by atoms with Crippen molar-refractivity contribution in [3.05, 3.63) is 59.7 Å². The lowest BCUT2D eigenvalue weighted by atomic mass is 9.97. The van der Waals surface area contributed by atoms with Gasteiger partial charge in [-0.2, -0.15) is 13.1 Å². The summed E-state index contributed by atoms with van der Waals surface area (Å²) in [5, 5.41) is 0. The molecule has 1 unspecified atom stereocenters. The van der Waals surface area contributed by atoms with Gasteiger partial charge in [0.1, 0.15) is 6.61 Å². The van der Waals surface area contributed by atoms with E-state index in [9.17, 15) is 13.2 Å². The second-order valence-corrected chi connectivity index (χ2v) is 11.1. The predicted molar refractivity (Wildman–Crippen MR) is 128 cm³/mol. The van der Waals surface area contributed by atoms with Gasteiger partial charge in [0.15, 0.2) is 0 Å². The van der Waals surface area contributed by atoms with Gasteiger partial charge in [-0.3, -0.25) is 4.18 Å². The number of hydrogen-bond acceptors (Lipinski definition) is 5. The van der Waals surface area contributed by atoms with Crippen LogP contribution in [0.5, 0.6) is 0 Å². The van der Waals surface area contributed by atoms with Gasteiger partial charge in [-0.25, -0.2) is 4.79 Å². The number of methoxy groups -OCH3 is 1. The lowest BCUT2D eigenvalue weighted by Crippen LogP contribution is -2.32. The fraction of sp³-hybridized carbons (Fsp3) is 0.409. The number of benzene rings is 2. The van der Waals surface area contributed by atoms with E-state index < -0.39 is 32.7 Å². The average molecular weight is 523 g/mol. The van der Waals surface area contributed by atoms with Crippen LogP contribution in [0.2, 0.25) is 0 Å². The summed E-state index contributed by atoms with van der Waals surface area (Å²) in [5.74, 6) is -0.397. The number of rotatable bonds is 11. The molecular formula is C22H26Cl3NO5S. The van der Waals surface area contributed by atoms with Crippen molar-refractivity contribution in [3.8, 4) is 11.1 Å². The number of ether oxygens (including phenoxy) is 1. The van der Waals surface area contributed by atoms with Gasteiger partial charge in [0.05, 0.1) is 12.7 Å². The minimum absolute atomic E-state index is 0.397. The molecule has 10 heteroatoms. The molecular weight excluding hydrogens is 497 g/mol. The van der Waals surface area contributed by atoms with Crippen molar-refractivity contribution in [1.82, 2.24) is 4.72 Å². The van der Waals surface area contributed by atoms with Gasteiger partial charge < -0.3 is 4.74 Å². The number of halogens is 3. The molecule has 32 heavy (non-hydrogen) atoms. The van der Waals surface area contributed by atoms with E-state index in [4.69, 9.17) is 43.7 Å². The maximum atomic E-state index is 12.3. The Kier molecular flexibility index (Phi) is 10.3. The van der Waals surface area contributed by atoms with Crippen molar-refractivity contribution >= 4 is 51.1 Å². The van der Waals surface area contributed by atoms with Crippen LogP contribution in [0, 0.1) is 0 Å². The summed E-state index contributed by atoms with van der Waals surface area (Å²) < 4.78 is 34.9. The van der Waals surface area contributed by atoms with Crippen molar-refractivity contribution in [2.24, 2.45) is 0 Å². The summed E-state index contributed by atoms with van der Waals surface area (Å²) in [5.41, 5.74) is 3.09. The Morgan fingerprint density at radius 2 is 1.56 bits per heavy atom. The summed E-state index contributed by atoms with van der Waals surface area (Å²) in [6.07, 6.45) is 3.41. The van der Waals surface area contributed by atoms with Gasteiger partial charge in [-0.15, -0.1) is 0 Å². The zero-order chi connectivity index (χ0) is 23.8. The van der Waals surface area contributed by atoms with Crippen LogP contribution in [0.3, 0.4) is 0 Å². The molecule has 2 rings (SSSR count). The molecule has 0 fully saturated rings. The molecule has 0 aliphatic rings. The number of alkyl halides is 3. The summed E-state index contributed by atoms with van der Waals surface area (Å²) in [6, 6.07) is 14.1. The maximum Gasteiger partial charge on any atom is 0.337 e. The standard InChI is InChI=1S/C22H26Cl3NO5S/c1-3-4-5-6-20(26-32(28,29)31-15-22(23,24)25)18-11-7-16(8-12-18)17-9-13-19(14-10-17)21(27)30-2/h7-14,20,26H,3-6,15H2,1-2H3. The van der Waals surface area contributed by atoms with Gasteiger partial charge in [0.2, 0.25) is 3.79 Å². The number of nitrogens with one attached hydrogen (secondary N) is 1. The van der Waals surface area contributed by atoms with Crippen molar-refractivity contribution in [2.45, 2.75) is 42.4 Å². The van der Waals surface area contributed by atoms with Gasteiger partial charge in [0.25, 0.3) is 0 Å². The van der Waals surface area contributed by atoms with E-state index in [0.717, 1.165) is 36.0 Å². The first kappa shape index (κ1) is 26.9. The molecule has 0 spiro atoms. The Morgan fingerprint density at radius 1 is 1.00 bits per heavy atom. The molecule has 0 saturated heterocycles. The zero-order valence-electron chi connectivity index (χ0n) is 17.8. The quantitative estimate of drug-likeness (QED) is 0.223. The van der Waals surface area contributed by atoms with E-state index in [1.54, 1.807) is 12.1 Å². The number of unbranched alkanes of at least 4 members (excludes halogenated alkanes) is 2. The first-order valence-electron chi connectivity index (χ1n) is 10.1. The van der Waals surface area contributed by atoms with E-state index in [0.29, 0.717) is 12.0 Å². The van der Waals surface area contributed by atoms with E-state index in [1.807, 2.05) is 36.4 Å². The molecule has 2 aromatic rings. The first-order valence-corrected chi connectivity index (χ1v) is 12.6. The smallest absolute Gasteiger partial charge is 0.337 e. The van der Waals surface area contributed by atoms with Crippen LogP contribution in [0.1, 0.15) is 54.6 Å². The van der Waals surface area contributed by atoms with Gasteiger partial charge >= 0.3 is 16.3 Å². The van der Waals surface area contributed by atoms with Crippen molar-refractivity contribution in [3.63, 3.8) is 0 Å². The summed E-state index contributed by atoms with van der Waals surface area (Å²) in [6.45, 7) is 1.48. The molecule has 176 valence electrons. The van der Waals surface area contributed by atoms with Gasteiger partial charge in [-0.05, 0) is 35.2 Å². The molecule has 0 aromatic heterocycles. The Hall–Kier alpha value is -1.35.